The number of hydrogen-bond acceptors (Lipinski definition) is 3. The van der Waals surface area contributed by atoms with Gasteiger partial charge in [0.05, 0.1) is 0 Å². The molecule has 1 rings (SSSR count). The zero-order valence-corrected chi connectivity index (χ0v) is 9.99. The molecule has 0 aliphatic carbocycles. The minimum absolute atomic E-state index is 0. The van der Waals surface area contributed by atoms with E-state index >= 15 is 0 Å². The van der Waals surface area contributed by atoms with Crippen molar-refractivity contribution in [2.75, 3.05) is 7.11 Å². The van der Waals surface area contributed by atoms with Crippen LogP contribution in [0.25, 0.3) is 0 Å². The van der Waals surface area contributed by atoms with Crippen LogP contribution in [0.3, 0.4) is 0 Å². The van der Waals surface area contributed by atoms with Crippen molar-refractivity contribution >= 4 is 0 Å². The summed E-state index contributed by atoms with van der Waals surface area (Å²) >= 11 is 0. The van der Waals surface area contributed by atoms with Crippen LogP contribution in [-0.4, -0.2) is 22.2 Å². The van der Waals surface area contributed by atoms with Crippen LogP contribution in [0.1, 0.15) is 13.8 Å². The molecule has 0 spiro atoms. The molecule has 0 amide bonds. The number of rotatable bonds is 0. The third kappa shape index (κ3) is 17.8. The number of nitrogens with zero attached hydrogens (tertiary/aromatic N) is 2. The number of aliphatic hydroxyl groups excluding tert-OH is 1. The average Bonchev–Trinajstić information content (AvgIpc) is 2.14. The van der Waals surface area contributed by atoms with Crippen molar-refractivity contribution in [3.63, 3.8) is 0 Å². The first-order valence-corrected chi connectivity index (χ1v) is 3.08. The summed E-state index contributed by atoms with van der Waals surface area (Å²) in [5, 5.41) is 7.00. The fraction of sp³-hybridized carbons (Fsp3) is 0.429. The first-order chi connectivity index (χ1) is 5.00. The molecule has 61 valence electrons. The maximum atomic E-state index is 7.00. The molecule has 0 bridgehead atoms. The molecule has 0 fully saturated rings. The van der Waals surface area contributed by atoms with E-state index in [-0.39, 0.29) is 32.7 Å². The molecule has 0 unspecified atom stereocenters. The van der Waals surface area contributed by atoms with E-state index in [0.29, 0.717) is 0 Å². The normalized spacial score (nSPS) is 5.45. The molecular weight excluding hydrogens is 217 g/mol. The molecule has 0 aliphatic rings. The molecular formula is C7H13N2OY-. The molecule has 0 atom stereocenters. The largest absolute Gasteiger partial charge is 0.400 e. The second kappa shape index (κ2) is 22.5. The summed E-state index contributed by atoms with van der Waals surface area (Å²) in [5.74, 6) is 0. The molecule has 1 aromatic heterocycles. The Morgan fingerprint density at radius 1 is 1.09 bits per heavy atom. The van der Waals surface area contributed by atoms with Crippen LogP contribution in [0.15, 0.2) is 18.5 Å². The van der Waals surface area contributed by atoms with Crippen LogP contribution in [0, 0.1) is 6.33 Å². The van der Waals surface area contributed by atoms with E-state index in [4.69, 9.17) is 5.11 Å². The van der Waals surface area contributed by atoms with Gasteiger partial charge in [0, 0.05) is 46.1 Å². The smallest absolute Gasteiger partial charge is 0.0319 e. The second-order valence-electron chi connectivity index (χ2n) is 0.849. The van der Waals surface area contributed by atoms with Crippen LogP contribution in [0.4, 0.5) is 0 Å². The Morgan fingerprint density at radius 3 is 1.55 bits per heavy atom. The van der Waals surface area contributed by atoms with Crippen molar-refractivity contribution in [3.8, 4) is 0 Å². The maximum Gasteiger partial charge on any atom is 0.0319 e. The Hall–Kier alpha value is 0.144. The summed E-state index contributed by atoms with van der Waals surface area (Å²) in [6, 6.07) is 1.75. The van der Waals surface area contributed by atoms with Crippen molar-refractivity contribution in [3.05, 3.63) is 24.8 Å². The second-order valence-corrected chi connectivity index (χ2v) is 0.849. The molecule has 0 aliphatic heterocycles. The average molecular weight is 230 g/mol. The first kappa shape index (κ1) is 17.3. The Balaban J connectivity index is -0.000000114. The Bertz CT molecular complexity index is 88.4. The van der Waals surface area contributed by atoms with E-state index in [9.17, 15) is 0 Å². The van der Waals surface area contributed by atoms with Crippen molar-refractivity contribution in [1.82, 2.24) is 9.97 Å². The van der Waals surface area contributed by atoms with Crippen LogP contribution < -0.4 is 0 Å². The summed E-state index contributed by atoms with van der Waals surface area (Å²) in [6.45, 7) is 4.00. The fourth-order valence-corrected chi connectivity index (χ4v) is 0.225. The third-order valence-corrected chi connectivity index (χ3v) is 0.437. The molecule has 0 aromatic carbocycles. The predicted molar refractivity (Wildman–Crippen MR) is 40.4 cm³/mol. The summed E-state index contributed by atoms with van der Waals surface area (Å²) in [4.78, 5) is 7.10. The van der Waals surface area contributed by atoms with Crippen molar-refractivity contribution in [2.45, 2.75) is 13.8 Å². The monoisotopic (exact) mass is 230 g/mol. The van der Waals surface area contributed by atoms with Gasteiger partial charge in [-0.3, -0.25) is 0 Å². The van der Waals surface area contributed by atoms with Crippen LogP contribution in [0.5, 0.6) is 0 Å². The van der Waals surface area contributed by atoms with Crippen molar-refractivity contribution in [2.24, 2.45) is 0 Å². The van der Waals surface area contributed by atoms with Gasteiger partial charge in [-0.05, 0) is 0 Å². The molecule has 1 heterocycles. The number of aliphatic hydroxyl groups is 1. The summed E-state index contributed by atoms with van der Waals surface area (Å²) in [7, 11) is 1.00. The Morgan fingerprint density at radius 2 is 1.45 bits per heavy atom. The van der Waals surface area contributed by atoms with Gasteiger partial charge >= 0.3 is 0 Å². The van der Waals surface area contributed by atoms with Gasteiger partial charge < -0.3 is 15.1 Å². The van der Waals surface area contributed by atoms with Gasteiger partial charge in [-0.15, -0.1) is 6.07 Å². The van der Waals surface area contributed by atoms with E-state index in [1.54, 1.807) is 18.5 Å². The summed E-state index contributed by atoms with van der Waals surface area (Å²) < 4.78 is 0. The quantitative estimate of drug-likeness (QED) is 0.674. The van der Waals surface area contributed by atoms with Gasteiger partial charge in [-0.2, -0.15) is 0 Å². The fourth-order valence-electron chi connectivity index (χ4n) is 0.225. The van der Waals surface area contributed by atoms with Gasteiger partial charge in [0.1, 0.15) is 0 Å². The van der Waals surface area contributed by atoms with Gasteiger partial charge in [0.2, 0.25) is 0 Å². The zero-order chi connectivity index (χ0) is 8.24. The molecule has 1 aromatic rings. The van der Waals surface area contributed by atoms with Crippen LogP contribution in [-0.2, 0) is 32.7 Å². The number of aromatic nitrogens is 2. The molecule has 1 radical (unpaired) electrons. The van der Waals surface area contributed by atoms with E-state index < -0.39 is 0 Å². The topological polar surface area (TPSA) is 46.0 Å². The van der Waals surface area contributed by atoms with Gasteiger partial charge in [0.15, 0.2) is 0 Å². The van der Waals surface area contributed by atoms with Crippen LogP contribution >= 0.6 is 0 Å². The SMILES string of the molecule is CC.CO.[Y].[c-]1ncccn1. The van der Waals surface area contributed by atoms with Gasteiger partial charge in [0.25, 0.3) is 0 Å². The molecule has 1 N–H and O–H groups in total. The summed E-state index contributed by atoms with van der Waals surface area (Å²) in [5.41, 5.74) is 0. The minimum atomic E-state index is 0. The van der Waals surface area contributed by atoms with Crippen molar-refractivity contribution < 1.29 is 37.8 Å². The Labute approximate surface area is 93.2 Å². The summed E-state index contributed by atoms with van der Waals surface area (Å²) in [6.07, 6.45) is 5.66. The molecule has 11 heavy (non-hydrogen) atoms. The zero-order valence-electron chi connectivity index (χ0n) is 7.15. The van der Waals surface area contributed by atoms with E-state index in [1.165, 1.54) is 0 Å². The maximum absolute atomic E-state index is 7.00. The Kier molecular flexibility index (Phi) is 35.3. The predicted octanol–water partition coefficient (Wildman–Crippen LogP) is 0.909. The molecule has 3 nitrogen and oxygen atoms in total. The standard InChI is InChI=1S/C4H3N2.C2H6.CH4O.Y/c1-2-5-4-6-3-1;2*1-2;/h1-3H;1-2H3;2H,1H3;/q-1;;;. The van der Waals surface area contributed by atoms with E-state index in [1.807, 2.05) is 13.8 Å². The van der Waals surface area contributed by atoms with Crippen molar-refractivity contribution in [1.29, 1.82) is 0 Å². The van der Waals surface area contributed by atoms with Gasteiger partial charge in [-0.1, -0.05) is 26.2 Å². The molecule has 4 heteroatoms. The first-order valence-electron chi connectivity index (χ1n) is 3.08. The third-order valence-electron chi connectivity index (χ3n) is 0.437. The van der Waals surface area contributed by atoms with E-state index in [2.05, 4.69) is 16.3 Å². The molecule has 0 saturated carbocycles. The van der Waals surface area contributed by atoms with Gasteiger partial charge in [-0.25, -0.2) is 0 Å². The minimum Gasteiger partial charge on any atom is -0.400 e. The molecule has 0 saturated heterocycles. The number of hydrogen-bond donors (Lipinski definition) is 1. The van der Waals surface area contributed by atoms with Crippen LogP contribution in [0.2, 0.25) is 0 Å². The van der Waals surface area contributed by atoms with E-state index in [0.717, 1.165) is 7.11 Å².